The molecule has 2 aromatic rings. The van der Waals surface area contributed by atoms with Crippen LogP contribution < -0.4 is 0 Å². The number of amides is 1. The predicted octanol–water partition coefficient (Wildman–Crippen LogP) is 2.67. The van der Waals surface area contributed by atoms with Crippen molar-refractivity contribution < 1.29 is 13.2 Å². The topological polar surface area (TPSA) is 70.6 Å². The molecule has 1 atom stereocenters. The normalized spacial score (nSPS) is 20.6. The molecule has 6 nitrogen and oxygen atoms in total. The Labute approximate surface area is 166 Å². The van der Waals surface area contributed by atoms with E-state index in [1.165, 1.54) is 4.31 Å². The van der Waals surface area contributed by atoms with Gasteiger partial charge in [-0.05, 0) is 55.5 Å². The molecule has 2 aliphatic rings. The number of hydrogen-bond acceptors (Lipinski definition) is 4. The maximum absolute atomic E-state index is 13.3. The number of nitrogens with zero attached hydrogens (tertiary/aromatic N) is 3. The first kappa shape index (κ1) is 19.1. The lowest BCUT2D eigenvalue weighted by Crippen LogP contribution is -2.47. The number of piperidine rings is 1. The fraction of sp³-hybridized carbons (Fsp3) is 0.429. The van der Waals surface area contributed by atoms with E-state index >= 15 is 0 Å². The van der Waals surface area contributed by atoms with E-state index in [4.69, 9.17) is 0 Å². The Hall–Kier alpha value is -2.25. The Balaban J connectivity index is 1.49. The summed E-state index contributed by atoms with van der Waals surface area (Å²) >= 11 is 0. The van der Waals surface area contributed by atoms with Gasteiger partial charge in [-0.25, -0.2) is 8.42 Å². The maximum Gasteiger partial charge on any atom is 0.243 e. The van der Waals surface area contributed by atoms with Crippen LogP contribution in [0.5, 0.6) is 0 Å². The van der Waals surface area contributed by atoms with Gasteiger partial charge in [0.15, 0.2) is 0 Å². The van der Waals surface area contributed by atoms with E-state index in [1.807, 2.05) is 17.0 Å². The smallest absolute Gasteiger partial charge is 0.243 e. The molecule has 1 aromatic carbocycles. The third kappa shape index (κ3) is 4.10. The first-order valence-corrected chi connectivity index (χ1v) is 11.2. The Kier molecular flexibility index (Phi) is 5.46. The van der Waals surface area contributed by atoms with Crippen molar-refractivity contribution in [2.45, 2.75) is 43.2 Å². The van der Waals surface area contributed by atoms with Crippen LogP contribution in [0.4, 0.5) is 0 Å². The van der Waals surface area contributed by atoms with Gasteiger partial charge in [-0.15, -0.1) is 0 Å². The van der Waals surface area contributed by atoms with Crippen molar-refractivity contribution >= 4 is 15.9 Å². The summed E-state index contributed by atoms with van der Waals surface area (Å²) in [5.41, 5.74) is 1.06. The van der Waals surface area contributed by atoms with E-state index in [1.54, 1.807) is 42.7 Å². The van der Waals surface area contributed by atoms with E-state index in [2.05, 4.69) is 4.98 Å². The first-order valence-electron chi connectivity index (χ1n) is 9.80. The van der Waals surface area contributed by atoms with Crippen LogP contribution in [-0.4, -0.2) is 47.6 Å². The van der Waals surface area contributed by atoms with Crippen LogP contribution in [0.3, 0.4) is 0 Å². The molecule has 148 valence electrons. The van der Waals surface area contributed by atoms with Crippen molar-refractivity contribution in [1.82, 2.24) is 14.2 Å². The molecule has 4 rings (SSSR count). The average molecular weight is 400 g/mol. The number of hydrogen-bond donors (Lipinski definition) is 0. The van der Waals surface area contributed by atoms with Crippen LogP contribution in [0.2, 0.25) is 0 Å². The quantitative estimate of drug-likeness (QED) is 0.749. The Morgan fingerprint density at radius 3 is 2.46 bits per heavy atom. The lowest BCUT2D eigenvalue weighted by molar-refractivity contribution is -0.138. The fourth-order valence-electron chi connectivity index (χ4n) is 3.80. The largest absolute Gasteiger partial charge is 0.335 e. The fourth-order valence-corrected chi connectivity index (χ4v) is 5.34. The second-order valence-electron chi connectivity index (χ2n) is 7.57. The van der Waals surface area contributed by atoms with Crippen LogP contribution in [0.25, 0.3) is 0 Å². The number of pyridine rings is 1. The Morgan fingerprint density at radius 1 is 1.07 bits per heavy atom. The molecule has 0 spiro atoms. The SMILES string of the molecule is O=C(C1CCCN(S(=O)(=O)c2ccccc2)C1)N(Cc1ccncc1)C1CC1. The molecule has 1 aliphatic heterocycles. The zero-order valence-corrected chi connectivity index (χ0v) is 16.6. The second-order valence-corrected chi connectivity index (χ2v) is 9.51. The van der Waals surface area contributed by atoms with E-state index in [-0.39, 0.29) is 24.4 Å². The third-order valence-corrected chi connectivity index (χ3v) is 7.37. The summed E-state index contributed by atoms with van der Waals surface area (Å²) in [5, 5.41) is 0. The van der Waals surface area contributed by atoms with Crippen molar-refractivity contribution in [3.8, 4) is 0 Å². The van der Waals surface area contributed by atoms with Crippen LogP contribution >= 0.6 is 0 Å². The van der Waals surface area contributed by atoms with Crippen molar-refractivity contribution in [2.75, 3.05) is 13.1 Å². The lowest BCUT2D eigenvalue weighted by Gasteiger charge is -2.34. The monoisotopic (exact) mass is 399 g/mol. The lowest BCUT2D eigenvalue weighted by atomic mass is 9.97. The molecule has 0 radical (unpaired) electrons. The number of benzene rings is 1. The van der Waals surface area contributed by atoms with Crippen LogP contribution in [0.1, 0.15) is 31.2 Å². The summed E-state index contributed by atoms with van der Waals surface area (Å²) in [7, 11) is -3.56. The van der Waals surface area contributed by atoms with Crippen LogP contribution in [0, 0.1) is 5.92 Å². The van der Waals surface area contributed by atoms with E-state index in [9.17, 15) is 13.2 Å². The average Bonchev–Trinajstić information content (AvgIpc) is 3.58. The highest BCUT2D eigenvalue weighted by molar-refractivity contribution is 7.89. The summed E-state index contributed by atoms with van der Waals surface area (Å²) in [6.07, 6.45) is 6.96. The molecular weight excluding hydrogens is 374 g/mol. The zero-order valence-electron chi connectivity index (χ0n) is 15.8. The third-order valence-electron chi connectivity index (χ3n) is 5.49. The highest BCUT2D eigenvalue weighted by Crippen LogP contribution is 2.32. The predicted molar refractivity (Wildman–Crippen MR) is 106 cm³/mol. The highest BCUT2D eigenvalue weighted by atomic mass is 32.2. The number of carbonyl (C=O) groups excluding carboxylic acids is 1. The van der Waals surface area contributed by atoms with Gasteiger partial charge in [-0.2, -0.15) is 4.31 Å². The van der Waals surface area contributed by atoms with Gasteiger partial charge >= 0.3 is 0 Å². The molecule has 28 heavy (non-hydrogen) atoms. The van der Waals surface area contributed by atoms with Gasteiger partial charge in [0.2, 0.25) is 15.9 Å². The van der Waals surface area contributed by atoms with Gasteiger partial charge in [0, 0.05) is 38.1 Å². The molecule has 1 aromatic heterocycles. The van der Waals surface area contributed by atoms with Gasteiger partial charge in [0.05, 0.1) is 10.8 Å². The standard InChI is InChI=1S/C21H25N3O3S/c25-21(24(19-8-9-19)15-17-10-12-22-13-11-17)18-5-4-14-23(16-18)28(26,27)20-6-2-1-3-7-20/h1-3,6-7,10-13,18-19H,4-5,8-9,14-16H2. The highest BCUT2D eigenvalue weighted by Gasteiger charge is 2.39. The first-order chi connectivity index (χ1) is 13.6. The molecule has 2 fully saturated rings. The van der Waals surface area contributed by atoms with Gasteiger partial charge in [0.25, 0.3) is 0 Å². The number of aromatic nitrogens is 1. The minimum atomic E-state index is -3.56. The van der Waals surface area contributed by atoms with Crippen molar-refractivity contribution in [3.05, 3.63) is 60.4 Å². The molecule has 1 saturated carbocycles. The molecule has 0 N–H and O–H groups in total. The minimum Gasteiger partial charge on any atom is -0.335 e. The minimum absolute atomic E-state index is 0.0762. The van der Waals surface area contributed by atoms with Gasteiger partial charge in [-0.1, -0.05) is 18.2 Å². The molecule has 2 heterocycles. The molecule has 1 saturated heterocycles. The molecule has 7 heteroatoms. The number of sulfonamides is 1. The van der Waals surface area contributed by atoms with Crippen molar-refractivity contribution in [3.63, 3.8) is 0 Å². The molecular formula is C21H25N3O3S. The summed E-state index contributed by atoms with van der Waals surface area (Å²) in [5.74, 6) is -0.207. The van der Waals surface area contributed by atoms with E-state index in [0.717, 1.165) is 24.8 Å². The Morgan fingerprint density at radius 2 is 1.79 bits per heavy atom. The van der Waals surface area contributed by atoms with Crippen LogP contribution in [0.15, 0.2) is 59.8 Å². The Bertz CT molecular complexity index is 914. The summed E-state index contributed by atoms with van der Waals surface area (Å²) in [6.45, 7) is 1.29. The molecule has 1 amide bonds. The van der Waals surface area contributed by atoms with Crippen LogP contribution in [-0.2, 0) is 21.4 Å². The van der Waals surface area contributed by atoms with E-state index < -0.39 is 10.0 Å². The summed E-state index contributed by atoms with van der Waals surface area (Å²) < 4.78 is 27.4. The second kappa shape index (κ2) is 8.01. The van der Waals surface area contributed by atoms with Gasteiger partial charge < -0.3 is 4.90 Å². The molecule has 1 unspecified atom stereocenters. The maximum atomic E-state index is 13.3. The molecule has 0 bridgehead atoms. The molecule has 1 aliphatic carbocycles. The number of rotatable bonds is 6. The van der Waals surface area contributed by atoms with Gasteiger partial charge in [-0.3, -0.25) is 9.78 Å². The zero-order chi connectivity index (χ0) is 19.6. The summed E-state index contributed by atoms with van der Waals surface area (Å²) in [6, 6.07) is 12.6. The van der Waals surface area contributed by atoms with Crippen molar-refractivity contribution in [2.24, 2.45) is 5.92 Å². The van der Waals surface area contributed by atoms with Crippen molar-refractivity contribution in [1.29, 1.82) is 0 Å². The number of carbonyl (C=O) groups is 1. The van der Waals surface area contributed by atoms with E-state index in [0.29, 0.717) is 24.4 Å². The summed E-state index contributed by atoms with van der Waals surface area (Å²) in [4.78, 5) is 19.6. The van der Waals surface area contributed by atoms with Gasteiger partial charge in [0.1, 0.15) is 0 Å².